The van der Waals surface area contributed by atoms with Crippen molar-refractivity contribution in [3.8, 4) is 11.5 Å². The fraction of sp³-hybridized carbons (Fsp3) is 0.579. The van der Waals surface area contributed by atoms with Crippen LogP contribution in [-0.4, -0.2) is 69.8 Å². The lowest BCUT2D eigenvalue weighted by atomic mass is 10.1. The van der Waals surface area contributed by atoms with Gasteiger partial charge in [-0.15, -0.1) is 0 Å². The van der Waals surface area contributed by atoms with E-state index in [4.69, 9.17) is 14.2 Å². The van der Waals surface area contributed by atoms with Crippen LogP contribution in [0.25, 0.3) is 0 Å². The lowest BCUT2D eigenvalue weighted by Crippen LogP contribution is -2.43. The monoisotopic (exact) mass is 377 g/mol. The smallest absolute Gasteiger partial charge is 0.256 e. The number of anilines is 1. The van der Waals surface area contributed by atoms with Crippen molar-refractivity contribution in [1.29, 1.82) is 0 Å². The molecule has 2 aliphatic rings. The second-order valence-corrected chi connectivity index (χ2v) is 6.73. The molecule has 2 N–H and O–H groups in total. The number of benzene rings is 1. The average molecular weight is 377 g/mol. The molecule has 2 amide bonds. The number of rotatable bonds is 6. The molecule has 148 valence electrons. The van der Waals surface area contributed by atoms with Crippen LogP contribution in [0, 0.1) is 0 Å². The van der Waals surface area contributed by atoms with E-state index in [0.29, 0.717) is 36.0 Å². The standard InChI is InChI=1S/C19H27N3O5/c1-25-16-10-14(19(24)22-6-3-4-7-22)15(11-17(16)26-2)21-18(23)9-13-12-27-8-5-20-13/h10-11,13,20H,3-9,12H2,1-2H3,(H,21,23). The van der Waals surface area contributed by atoms with E-state index in [1.807, 2.05) is 0 Å². The summed E-state index contributed by atoms with van der Waals surface area (Å²) in [4.78, 5) is 27.3. The average Bonchev–Trinajstić information content (AvgIpc) is 3.22. The second-order valence-electron chi connectivity index (χ2n) is 6.73. The van der Waals surface area contributed by atoms with Gasteiger partial charge in [0.25, 0.3) is 5.91 Å². The molecule has 1 aromatic carbocycles. The molecule has 0 aliphatic carbocycles. The molecule has 2 aliphatic heterocycles. The number of nitrogens with zero attached hydrogens (tertiary/aromatic N) is 1. The van der Waals surface area contributed by atoms with Crippen LogP contribution in [0.4, 0.5) is 5.69 Å². The predicted molar refractivity (Wildman–Crippen MR) is 101 cm³/mol. The normalized spacial score (nSPS) is 19.6. The third-order valence-electron chi connectivity index (χ3n) is 4.85. The molecule has 8 heteroatoms. The van der Waals surface area contributed by atoms with Gasteiger partial charge >= 0.3 is 0 Å². The van der Waals surface area contributed by atoms with Crippen molar-refractivity contribution in [3.05, 3.63) is 17.7 Å². The summed E-state index contributed by atoms with van der Waals surface area (Å²) in [7, 11) is 3.05. The van der Waals surface area contributed by atoms with Gasteiger partial charge in [0.05, 0.1) is 38.7 Å². The summed E-state index contributed by atoms with van der Waals surface area (Å²) < 4.78 is 16.1. The van der Waals surface area contributed by atoms with Crippen molar-refractivity contribution in [2.24, 2.45) is 0 Å². The van der Waals surface area contributed by atoms with Gasteiger partial charge in [-0.3, -0.25) is 9.59 Å². The lowest BCUT2D eigenvalue weighted by Gasteiger charge is -2.24. The van der Waals surface area contributed by atoms with Gasteiger partial charge in [0.1, 0.15) is 0 Å². The van der Waals surface area contributed by atoms with Crippen LogP contribution in [0.15, 0.2) is 12.1 Å². The Morgan fingerprint density at radius 2 is 1.93 bits per heavy atom. The lowest BCUT2D eigenvalue weighted by molar-refractivity contribution is -0.117. The van der Waals surface area contributed by atoms with Gasteiger partial charge in [-0.1, -0.05) is 0 Å². The third kappa shape index (κ3) is 4.70. The van der Waals surface area contributed by atoms with Crippen molar-refractivity contribution < 1.29 is 23.8 Å². The van der Waals surface area contributed by atoms with Crippen LogP contribution < -0.4 is 20.1 Å². The predicted octanol–water partition coefficient (Wildman–Crippen LogP) is 1.26. The Balaban J connectivity index is 1.82. The van der Waals surface area contributed by atoms with Crippen molar-refractivity contribution in [1.82, 2.24) is 10.2 Å². The second kappa shape index (κ2) is 9.05. The number of likely N-dealkylation sites (tertiary alicyclic amines) is 1. The highest BCUT2D eigenvalue weighted by molar-refractivity contribution is 6.04. The minimum Gasteiger partial charge on any atom is -0.493 e. The zero-order valence-electron chi connectivity index (χ0n) is 15.9. The van der Waals surface area contributed by atoms with Gasteiger partial charge in [-0.2, -0.15) is 0 Å². The van der Waals surface area contributed by atoms with Crippen LogP contribution in [0.5, 0.6) is 11.5 Å². The first-order chi connectivity index (χ1) is 13.1. The van der Waals surface area contributed by atoms with Crippen molar-refractivity contribution in [2.75, 3.05) is 52.4 Å². The number of methoxy groups -OCH3 is 2. The Morgan fingerprint density at radius 3 is 2.56 bits per heavy atom. The first-order valence-electron chi connectivity index (χ1n) is 9.28. The summed E-state index contributed by atoms with van der Waals surface area (Å²) in [6.45, 7) is 3.34. The first-order valence-corrected chi connectivity index (χ1v) is 9.28. The molecule has 0 saturated carbocycles. The molecule has 0 bridgehead atoms. The van der Waals surface area contributed by atoms with E-state index in [0.717, 1.165) is 32.5 Å². The SMILES string of the molecule is COc1cc(NC(=O)CC2COCCN2)c(C(=O)N2CCCC2)cc1OC. The minimum absolute atomic E-state index is 0.0309. The number of carbonyl (C=O) groups is 2. The van der Waals surface area contributed by atoms with Gasteiger partial charge < -0.3 is 29.7 Å². The Hall–Kier alpha value is -2.32. The van der Waals surface area contributed by atoms with E-state index in [-0.39, 0.29) is 24.3 Å². The van der Waals surface area contributed by atoms with Crippen molar-refractivity contribution in [2.45, 2.75) is 25.3 Å². The molecule has 1 unspecified atom stereocenters. The van der Waals surface area contributed by atoms with E-state index in [1.54, 1.807) is 17.0 Å². The van der Waals surface area contributed by atoms with Crippen LogP contribution in [0.3, 0.4) is 0 Å². The number of morpholine rings is 1. The number of nitrogens with one attached hydrogen (secondary N) is 2. The third-order valence-corrected chi connectivity index (χ3v) is 4.85. The van der Waals surface area contributed by atoms with Crippen LogP contribution in [0.2, 0.25) is 0 Å². The quantitative estimate of drug-likeness (QED) is 0.776. The molecule has 8 nitrogen and oxygen atoms in total. The number of hydrogen-bond acceptors (Lipinski definition) is 6. The molecular formula is C19H27N3O5. The molecule has 2 fully saturated rings. The number of hydrogen-bond donors (Lipinski definition) is 2. The molecule has 1 aromatic rings. The van der Waals surface area contributed by atoms with Crippen LogP contribution in [-0.2, 0) is 9.53 Å². The first kappa shape index (κ1) is 19.4. The fourth-order valence-electron chi connectivity index (χ4n) is 3.43. The number of ether oxygens (including phenoxy) is 3. The molecule has 2 saturated heterocycles. The summed E-state index contributed by atoms with van der Waals surface area (Å²) in [5.74, 6) is 0.633. The topological polar surface area (TPSA) is 89.1 Å². The summed E-state index contributed by atoms with van der Waals surface area (Å²) in [6, 6.07) is 3.25. The van der Waals surface area contributed by atoms with E-state index < -0.39 is 0 Å². The molecule has 27 heavy (non-hydrogen) atoms. The van der Waals surface area contributed by atoms with Crippen LogP contribution in [0.1, 0.15) is 29.6 Å². The molecule has 2 heterocycles. The van der Waals surface area contributed by atoms with Gasteiger partial charge in [0, 0.05) is 38.2 Å². The van der Waals surface area contributed by atoms with Gasteiger partial charge in [-0.05, 0) is 18.9 Å². The zero-order chi connectivity index (χ0) is 19.2. The summed E-state index contributed by atoms with van der Waals surface area (Å²) in [6.07, 6.45) is 2.26. The Bertz CT molecular complexity index is 682. The molecule has 0 aromatic heterocycles. The van der Waals surface area contributed by atoms with E-state index >= 15 is 0 Å². The van der Waals surface area contributed by atoms with E-state index in [2.05, 4.69) is 10.6 Å². The van der Waals surface area contributed by atoms with Crippen molar-refractivity contribution >= 4 is 17.5 Å². The Morgan fingerprint density at radius 1 is 1.22 bits per heavy atom. The molecular weight excluding hydrogens is 350 g/mol. The maximum atomic E-state index is 13.0. The highest BCUT2D eigenvalue weighted by Gasteiger charge is 2.25. The maximum absolute atomic E-state index is 13.0. The van der Waals surface area contributed by atoms with Crippen LogP contribution >= 0.6 is 0 Å². The maximum Gasteiger partial charge on any atom is 0.256 e. The highest BCUT2D eigenvalue weighted by Crippen LogP contribution is 2.34. The largest absolute Gasteiger partial charge is 0.493 e. The van der Waals surface area contributed by atoms with Gasteiger partial charge in [0.15, 0.2) is 11.5 Å². The van der Waals surface area contributed by atoms with Gasteiger partial charge in [0.2, 0.25) is 5.91 Å². The Labute approximate surface area is 159 Å². The summed E-state index contributed by atoms with van der Waals surface area (Å²) in [5, 5.41) is 6.12. The van der Waals surface area contributed by atoms with E-state index in [1.165, 1.54) is 14.2 Å². The fourth-order valence-corrected chi connectivity index (χ4v) is 3.43. The van der Waals surface area contributed by atoms with E-state index in [9.17, 15) is 9.59 Å². The van der Waals surface area contributed by atoms with Crippen molar-refractivity contribution in [3.63, 3.8) is 0 Å². The Kier molecular flexibility index (Phi) is 6.52. The molecule has 0 spiro atoms. The number of carbonyl (C=O) groups excluding carboxylic acids is 2. The zero-order valence-corrected chi connectivity index (χ0v) is 15.9. The highest BCUT2D eigenvalue weighted by atomic mass is 16.5. The molecule has 3 rings (SSSR count). The molecule has 1 atom stereocenters. The molecule has 0 radical (unpaired) electrons. The number of amides is 2. The summed E-state index contributed by atoms with van der Waals surface area (Å²) in [5.41, 5.74) is 0.849. The van der Waals surface area contributed by atoms with Gasteiger partial charge in [-0.25, -0.2) is 0 Å². The summed E-state index contributed by atoms with van der Waals surface area (Å²) >= 11 is 0. The minimum atomic E-state index is -0.180.